The van der Waals surface area contributed by atoms with Crippen LogP contribution in [0.2, 0.25) is 0 Å². The Hall–Kier alpha value is -0.340. The molecule has 0 saturated carbocycles. The molecule has 2 nitrogen and oxygen atoms in total. The fraction of sp³-hybridized carbons (Fsp3) is 0.867. The topological polar surface area (TPSA) is 15.3 Å². The minimum atomic E-state index is 0.216. The predicted molar refractivity (Wildman–Crippen MR) is 78.5 cm³/mol. The lowest BCUT2D eigenvalue weighted by atomic mass is 10.1. The number of nitrogens with zero attached hydrogens (tertiary/aromatic N) is 1. The van der Waals surface area contributed by atoms with Gasteiger partial charge in [-0.1, -0.05) is 19.4 Å². The molecule has 0 spiro atoms. The molecule has 0 amide bonds. The number of hydrogen-bond acceptors (Lipinski definition) is 2. The van der Waals surface area contributed by atoms with Crippen LogP contribution in [-0.4, -0.2) is 36.6 Å². The molecule has 0 radical (unpaired) electrons. The molecule has 0 aromatic heterocycles. The lowest BCUT2D eigenvalue weighted by Gasteiger charge is -2.31. The van der Waals surface area contributed by atoms with Gasteiger partial charge in [0.05, 0.1) is 0 Å². The maximum absolute atomic E-state index is 3.78. The molecular weight excluding hydrogens is 208 g/mol. The van der Waals surface area contributed by atoms with Crippen LogP contribution in [0.15, 0.2) is 12.7 Å². The minimum absolute atomic E-state index is 0.216. The highest BCUT2D eigenvalue weighted by Gasteiger charge is 2.16. The molecule has 102 valence electrons. The van der Waals surface area contributed by atoms with Crippen LogP contribution in [0.4, 0.5) is 0 Å². The Bertz CT molecular complexity index is 194. The summed E-state index contributed by atoms with van der Waals surface area (Å²) in [7, 11) is 2.24. The number of nitrogens with one attached hydrogen (secondary N) is 1. The number of likely N-dealkylation sites (N-methyl/N-ethyl adjacent to an activating group) is 1. The smallest absolute Gasteiger partial charge is 0.0217 e. The van der Waals surface area contributed by atoms with Crippen molar-refractivity contribution in [2.45, 2.75) is 65.0 Å². The summed E-state index contributed by atoms with van der Waals surface area (Å²) in [5, 5.41) is 3.62. The van der Waals surface area contributed by atoms with Crippen LogP contribution in [0.1, 0.15) is 53.4 Å². The SMILES string of the molecule is C=CCCCN(C)C(CCC)CNC(C)(C)C. The summed E-state index contributed by atoms with van der Waals surface area (Å²) in [6, 6.07) is 0.657. The predicted octanol–water partition coefficient (Wildman–Crippen LogP) is 3.44. The molecule has 1 unspecified atom stereocenters. The van der Waals surface area contributed by atoms with Crippen molar-refractivity contribution in [1.29, 1.82) is 0 Å². The standard InChI is InChI=1S/C15H32N2/c1-7-9-10-12-17(6)14(11-8-2)13-16-15(3,4)5/h7,14,16H,1,8-13H2,2-6H3. The van der Waals surface area contributed by atoms with Gasteiger partial charge < -0.3 is 10.2 Å². The molecule has 2 heteroatoms. The largest absolute Gasteiger partial charge is 0.311 e. The number of rotatable bonds is 9. The highest BCUT2D eigenvalue weighted by molar-refractivity contribution is 4.78. The second kappa shape index (κ2) is 8.71. The Morgan fingerprint density at radius 1 is 1.35 bits per heavy atom. The van der Waals surface area contributed by atoms with E-state index < -0.39 is 0 Å². The molecule has 17 heavy (non-hydrogen) atoms. The van der Waals surface area contributed by atoms with Gasteiger partial charge in [0.2, 0.25) is 0 Å². The average molecular weight is 240 g/mol. The third-order valence-electron chi connectivity index (χ3n) is 3.03. The summed E-state index contributed by atoms with van der Waals surface area (Å²) in [6.45, 7) is 15.0. The van der Waals surface area contributed by atoms with E-state index >= 15 is 0 Å². The fourth-order valence-corrected chi connectivity index (χ4v) is 1.90. The van der Waals surface area contributed by atoms with Crippen LogP contribution >= 0.6 is 0 Å². The quantitative estimate of drug-likeness (QED) is 0.490. The summed E-state index contributed by atoms with van der Waals surface area (Å²) >= 11 is 0. The van der Waals surface area contributed by atoms with Crippen LogP contribution in [0.5, 0.6) is 0 Å². The van der Waals surface area contributed by atoms with Crippen molar-refractivity contribution >= 4 is 0 Å². The van der Waals surface area contributed by atoms with Crippen molar-refractivity contribution in [2.75, 3.05) is 20.1 Å². The number of hydrogen-bond donors (Lipinski definition) is 1. The Balaban J connectivity index is 4.06. The van der Waals surface area contributed by atoms with Gasteiger partial charge in [0, 0.05) is 18.1 Å². The van der Waals surface area contributed by atoms with Gasteiger partial charge in [-0.25, -0.2) is 0 Å². The zero-order chi connectivity index (χ0) is 13.3. The van der Waals surface area contributed by atoms with Crippen LogP contribution in [0.25, 0.3) is 0 Å². The van der Waals surface area contributed by atoms with E-state index in [1.165, 1.54) is 25.8 Å². The van der Waals surface area contributed by atoms with Crippen LogP contribution < -0.4 is 5.32 Å². The first kappa shape index (κ1) is 16.7. The molecule has 0 heterocycles. The summed E-state index contributed by atoms with van der Waals surface area (Å²) < 4.78 is 0. The first-order valence-corrected chi connectivity index (χ1v) is 6.97. The van der Waals surface area contributed by atoms with Gasteiger partial charge in [0.25, 0.3) is 0 Å². The Kier molecular flexibility index (Phi) is 8.53. The summed E-state index contributed by atoms with van der Waals surface area (Å²) in [4.78, 5) is 2.49. The Morgan fingerprint density at radius 2 is 2.00 bits per heavy atom. The van der Waals surface area contributed by atoms with E-state index in [0.29, 0.717) is 6.04 Å². The zero-order valence-electron chi connectivity index (χ0n) is 12.6. The van der Waals surface area contributed by atoms with Crippen molar-refractivity contribution in [1.82, 2.24) is 10.2 Å². The molecule has 1 atom stereocenters. The van der Waals surface area contributed by atoms with E-state index in [4.69, 9.17) is 0 Å². The van der Waals surface area contributed by atoms with E-state index in [1.807, 2.05) is 6.08 Å². The van der Waals surface area contributed by atoms with Gasteiger partial charge in [-0.05, 0) is 53.6 Å². The highest BCUT2D eigenvalue weighted by Crippen LogP contribution is 2.08. The molecule has 0 aliphatic rings. The zero-order valence-corrected chi connectivity index (χ0v) is 12.6. The fourth-order valence-electron chi connectivity index (χ4n) is 1.90. The lowest BCUT2D eigenvalue weighted by Crippen LogP contribution is -2.46. The third-order valence-corrected chi connectivity index (χ3v) is 3.03. The van der Waals surface area contributed by atoms with E-state index in [-0.39, 0.29) is 5.54 Å². The molecule has 0 aromatic carbocycles. The normalized spacial score (nSPS) is 14.0. The van der Waals surface area contributed by atoms with Crippen LogP contribution in [0, 0.1) is 0 Å². The summed E-state index contributed by atoms with van der Waals surface area (Å²) in [5.41, 5.74) is 0.216. The second-order valence-corrected chi connectivity index (χ2v) is 5.98. The summed E-state index contributed by atoms with van der Waals surface area (Å²) in [5.74, 6) is 0. The van der Waals surface area contributed by atoms with Gasteiger partial charge in [-0.2, -0.15) is 0 Å². The molecule has 1 N–H and O–H groups in total. The Labute approximate surface area is 108 Å². The Morgan fingerprint density at radius 3 is 2.47 bits per heavy atom. The molecule has 0 saturated heterocycles. The van der Waals surface area contributed by atoms with E-state index in [9.17, 15) is 0 Å². The van der Waals surface area contributed by atoms with Gasteiger partial charge in [0.1, 0.15) is 0 Å². The van der Waals surface area contributed by atoms with Crippen molar-refractivity contribution < 1.29 is 0 Å². The van der Waals surface area contributed by atoms with Gasteiger partial charge in [0.15, 0.2) is 0 Å². The summed E-state index contributed by atoms with van der Waals surface area (Å²) in [6.07, 6.45) is 6.87. The van der Waals surface area contributed by atoms with Crippen LogP contribution in [-0.2, 0) is 0 Å². The molecule has 0 aliphatic carbocycles. The van der Waals surface area contributed by atoms with Gasteiger partial charge >= 0.3 is 0 Å². The van der Waals surface area contributed by atoms with Crippen molar-refractivity contribution in [2.24, 2.45) is 0 Å². The highest BCUT2D eigenvalue weighted by atomic mass is 15.2. The maximum Gasteiger partial charge on any atom is 0.0217 e. The number of unbranched alkanes of at least 4 members (excludes halogenated alkanes) is 1. The average Bonchev–Trinajstić information content (AvgIpc) is 2.23. The lowest BCUT2D eigenvalue weighted by molar-refractivity contribution is 0.208. The van der Waals surface area contributed by atoms with E-state index in [1.54, 1.807) is 0 Å². The first-order chi connectivity index (χ1) is 7.90. The van der Waals surface area contributed by atoms with E-state index in [0.717, 1.165) is 13.0 Å². The van der Waals surface area contributed by atoms with Crippen molar-refractivity contribution in [3.63, 3.8) is 0 Å². The van der Waals surface area contributed by atoms with Gasteiger partial charge in [-0.3, -0.25) is 0 Å². The monoisotopic (exact) mass is 240 g/mol. The molecule has 0 rings (SSSR count). The molecule has 0 aliphatic heterocycles. The first-order valence-electron chi connectivity index (χ1n) is 6.97. The van der Waals surface area contributed by atoms with Crippen molar-refractivity contribution in [3.8, 4) is 0 Å². The second-order valence-electron chi connectivity index (χ2n) is 5.98. The molecule has 0 bridgehead atoms. The minimum Gasteiger partial charge on any atom is -0.311 e. The van der Waals surface area contributed by atoms with E-state index in [2.05, 4.69) is 51.5 Å². The molecule has 0 aromatic rings. The van der Waals surface area contributed by atoms with Gasteiger partial charge in [-0.15, -0.1) is 6.58 Å². The van der Waals surface area contributed by atoms with Crippen LogP contribution in [0.3, 0.4) is 0 Å². The molecule has 0 fully saturated rings. The molecular formula is C15H32N2. The number of allylic oxidation sites excluding steroid dienone is 1. The third kappa shape index (κ3) is 9.37. The maximum atomic E-state index is 3.78. The van der Waals surface area contributed by atoms with Crippen molar-refractivity contribution in [3.05, 3.63) is 12.7 Å².